The molecule has 0 spiro atoms. The highest BCUT2D eigenvalue weighted by molar-refractivity contribution is 7.89. The van der Waals surface area contributed by atoms with Crippen LogP contribution in [-0.2, 0) is 14.8 Å². The number of anilines is 1. The Balaban J connectivity index is 1.72. The second-order valence-corrected chi connectivity index (χ2v) is 9.16. The molecule has 0 unspecified atom stereocenters. The summed E-state index contributed by atoms with van der Waals surface area (Å²) in [5.41, 5.74) is 1.03. The molecule has 2 aromatic rings. The first-order chi connectivity index (χ1) is 13.3. The van der Waals surface area contributed by atoms with Crippen molar-refractivity contribution in [2.45, 2.75) is 24.7 Å². The van der Waals surface area contributed by atoms with Gasteiger partial charge in [-0.3, -0.25) is 9.59 Å². The molecule has 1 heterocycles. The molecule has 1 fully saturated rings. The van der Waals surface area contributed by atoms with Crippen LogP contribution in [0.15, 0.2) is 53.4 Å². The number of benzene rings is 2. The molecule has 1 atom stereocenters. The van der Waals surface area contributed by atoms with E-state index in [2.05, 4.69) is 5.32 Å². The summed E-state index contributed by atoms with van der Waals surface area (Å²) in [7, 11) is -3.69. The summed E-state index contributed by atoms with van der Waals surface area (Å²) in [5.74, 6) is -0.803. The molecule has 2 aromatic carbocycles. The van der Waals surface area contributed by atoms with Crippen LogP contribution in [0, 0.1) is 5.92 Å². The van der Waals surface area contributed by atoms with Crippen LogP contribution in [0.25, 0.3) is 0 Å². The maximum atomic E-state index is 12.9. The van der Waals surface area contributed by atoms with Crippen LogP contribution in [0.3, 0.4) is 0 Å². The average Bonchev–Trinajstić information content (AvgIpc) is 2.68. The molecule has 1 aliphatic heterocycles. The number of hydrogen-bond acceptors (Lipinski definition) is 4. The molecule has 1 N–H and O–H groups in total. The summed E-state index contributed by atoms with van der Waals surface area (Å²) in [6, 6.07) is 12.7. The Morgan fingerprint density at radius 1 is 1.14 bits per heavy atom. The quantitative estimate of drug-likeness (QED) is 0.749. The van der Waals surface area contributed by atoms with Crippen molar-refractivity contribution >= 4 is 39.0 Å². The second kappa shape index (κ2) is 8.43. The number of rotatable bonds is 5. The first-order valence-corrected chi connectivity index (χ1v) is 10.8. The summed E-state index contributed by atoms with van der Waals surface area (Å²) in [6.45, 7) is 1.94. The van der Waals surface area contributed by atoms with Gasteiger partial charge in [-0.15, -0.1) is 0 Å². The summed E-state index contributed by atoms with van der Waals surface area (Å²) in [6.07, 6.45) is 1.20. The molecule has 8 heteroatoms. The molecule has 148 valence electrons. The molecule has 0 aliphatic carbocycles. The molecular weight excluding hydrogens is 400 g/mol. The lowest BCUT2D eigenvalue weighted by Gasteiger charge is -2.31. The van der Waals surface area contributed by atoms with Gasteiger partial charge in [-0.2, -0.15) is 4.31 Å². The van der Waals surface area contributed by atoms with Crippen molar-refractivity contribution in [3.63, 3.8) is 0 Å². The average molecular weight is 421 g/mol. The first-order valence-electron chi connectivity index (χ1n) is 8.95. The van der Waals surface area contributed by atoms with Crippen LogP contribution in [-0.4, -0.2) is 37.5 Å². The van der Waals surface area contributed by atoms with Crippen LogP contribution in [0.5, 0.6) is 0 Å². The maximum absolute atomic E-state index is 12.9. The van der Waals surface area contributed by atoms with Crippen LogP contribution >= 0.6 is 11.6 Å². The Morgan fingerprint density at radius 3 is 2.54 bits per heavy atom. The third-order valence-corrected chi connectivity index (χ3v) is 6.87. The lowest BCUT2D eigenvalue weighted by Crippen LogP contribution is -2.43. The zero-order chi connectivity index (χ0) is 20.3. The van der Waals surface area contributed by atoms with E-state index in [1.165, 1.54) is 35.5 Å². The number of carbonyl (C=O) groups is 2. The van der Waals surface area contributed by atoms with Crippen molar-refractivity contribution < 1.29 is 18.0 Å². The van der Waals surface area contributed by atoms with E-state index in [0.717, 1.165) is 0 Å². The molecule has 28 heavy (non-hydrogen) atoms. The van der Waals surface area contributed by atoms with Gasteiger partial charge in [0.25, 0.3) is 0 Å². The number of Topliss-reactive ketones (excluding diaryl/α,β-unsaturated/α-hetero) is 1. The normalized spacial score (nSPS) is 17.9. The Morgan fingerprint density at radius 2 is 1.86 bits per heavy atom. The Kier molecular flexibility index (Phi) is 6.17. The Bertz CT molecular complexity index is 990. The predicted molar refractivity (Wildman–Crippen MR) is 108 cm³/mol. The number of amides is 1. The second-order valence-electron chi connectivity index (χ2n) is 6.78. The van der Waals surface area contributed by atoms with E-state index in [1.807, 2.05) is 0 Å². The Hall–Kier alpha value is -2.22. The van der Waals surface area contributed by atoms with Crippen molar-refractivity contribution in [1.29, 1.82) is 0 Å². The largest absolute Gasteiger partial charge is 0.326 e. The van der Waals surface area contributed by atoms with Crippen molar-refractivity contribution in [3.05, 3.63) is 59.1 Å². The zero-order valence-electron chi connectivity index (χ0n) is 15.4. The number of carbonyl (C=O) groups excluding carboxylic acids is 2. The fourth-order valence-corrected chi connectivity index (χ4v) is 4.84. The van der Waals surface area contributed by atoms with Gasteiger partial charge in [-0.05, 0) is 56.2 Å². The summed E-state index contributed by atoms with van der Waals surface area (Å²) >= 11 is 5.84. The molecule has 0 saturated carbocycles. The Labute approximate surface area is 169 Å². The fraction of sp³-hybridized carbons (Fsp3) is 0.300. The number of sulfonamides is 1. The highest BCUT2D eigenvalue weighted by atomic mass is 35.5. The van der Waals surface area contributed by atoms with Crippen molar-refractivity contribution in [2.75, 3.05) is 18.4 Å². The minimum atomic E-state index is -3.69. The molecule has 6 nitrogen and oxygen atoms in total. The number of hydrogen-bond donors (Lipinski definition) is 1. The standard InChI is InChI=1S/C20H21ClN2O4S/c1-14(24)15-4-2-6-18(12-15)22-20(25)16-5-3-11-23(13-16)28(26,27)19-9-7-17(21)8-10-19/h2,4,6-10,12,16H,3,5,11,13H2,1H3,(H,22,25)/t16-/m0/s1. The van der Waals surface area contributed by atoms with Gasteiger partial charge in [0.05, 0.1) is 10.8 Å². The number of nitrogens with one attached hydrogen (secondary N) is 1. The van der Waals surface area contributed by atoms with E-state index in [9.17, 15) is 18.0 Å². The zero-order valence-corrected chi connectivity index (χ0v) is 17.0. The molecule has 3 rings (SSSR count). The lowest BCUT2D eigenvalue weighted by atomic mass is 9.98. The van der Waals surface area contributed by atoms with E-state index >= 15 is 0 Å². The number of halogens is 1. The predicted octanol–water partition coefficient (Wildman–Crippen LogP) is 3.58. The van der Waals surface area contributed by atoms with Gasteiger partial charge in [-0.25, -0.2) is 8.42 Å². The third kappa shape index (κ3) is 4.60. The SMILES string of the molecule is CC(=O)c1cccc(NC(=O)[C@H]2CCCN(S(=O)(=O)c3ccc(Cl)cc3)C2)c1. The molecule has 1 amide bonds. The third-order valence-electron chi connectivity index (χ3n) is 4.74. The molecule has 1 aliphatic rings. The van der Waals surface area contributed by atoms with Gasteiger partial charge >= 0.3 is 0 Å². The van der Waals surface area contributed by atoms with E-state index in [4.69, 9.17) is 11.6 Å². The monoisotopic (exact) mass is 420 g/mol. The van der Waals surface area contributed by atoms with Crippen LogP contribution < -0.4 is 5.32 Å². The molecule has 0 aromatic heterocycles. The minimum absolute atomic E-state index is 0.0889. The number of nitrogens with zero attached hydrogens (tertiary/aromatic N) is 1. The van der Waals surface area contributed by atoms with Gasteiger partial charge in [0.2, 0.25) is 15.9 Å². The number of piperidine rings is 1. The summed E-state index contributed by atoms with van der Waals surface area (Å²) in [5, 5.41) is 3.26. The summed E-state index contributed by atoms with van der Waals surface area (Å²) < 4.78 is 27.1. The van der Waals surface area contributed by atoms with Crippen molar-refractivity contribution in [1.82, 2.24) is 4.31 Å². The van der Waals surface area contributed by atoms with Gasteiger partial charge in [0, 0.05) is 29.4 Å². The van der Waals surface area contributed by atoms with Gasteiger partial charge in [0.1, 0.15) is 0 Å². The summed E-state index contributed by atoms with van der Waals surface area (Å²) in [4.78, 5) is 24.3. The molecule has 1 saturated heterocycles. The maximum Gasteiger partial charge on any atom is 0.243 e. The topological polar surface area (TPSA) is 83.6 Å². The molecular formula is C20H21ClN2O4S. The highest BCUT2D eigenvalue weighted by Gasteiger charge is 2.33. The van der Waals surface area contributed by atoms with Gasteiger partial charge in [0.15, 0.2) is 5.78 Å². The van der Waals surface area contributed by atoms with Crippen LogP contribution in [0.1, 0.15) is 30.1 Å². The number of ketones is 1. The van der Waals surface area contributed by atoms with E-state index in [1.54, 1.807) is 24.3 Å². The highest BCUT2D eigenvalue weighted by Crippen LogP contribution is 2.25. The molecule has 0 radical (unpaired) electrons. The van der Waals surface area contributed by atoms with Crippen LogP contribution in [0.2, 0.25) is 5.02 Å². The van der Waals surface area contributed by atoms with E-state index < -0.39 is 15.9 Å². The molecule has 0 bridgehead atoms. The van der Waals surface area contributed by atoms with Crippen LogP contribution in [0.4, 0.5) is 5.69 Å². The van der Waals surface area contributed by atoms with Crippen molar-refractivity contribution in [2.24, 2.45) is 5.92 Å². The van der Waals surface area contributed by atoms with E-state index in [-0.39, 0.29) is 23.1 Å². The van der Waals surface area contributed by atoms with Gasteiger partial charge in [-0.1, -0.05) is 23.7 Å². The first kappa shape index (κ1) is 20.5. The van der Waals surface area contributed by atoms with E-state index in [0.29, 0.717) is 35.7 Å². The van der Waals surface area contributed by atoms with Crippen molar-refractivity contribution in [3.8, 4) is 0 Å². The fourth-order valence-electron chi connectivity index (χ4n) is 3.19. The van der Waals surface area contributed by atoms with Gasteiger partial charge < -0.3 is 5.32 Å². The lowest BCUT2D eigenvalue weighted by molar-refractivity contribution is -0.120. The smallest absolute Gasteiger partial charge is 0.243 e. The minimum Gasteiger partial charge on any atom is -0.326 e.